The van der Waals surface area contributed by atoms with E-state index in [4.69, 9.17) is 4.74 Å². The molecule has 1 heterocycles. The summed E-state index contributed by atoms with van der Waals surface area (Å²) in [6, 6.07) is 0. The summed E-state index contributed by atoms with van der Waals surface area (Å²) in [4.78, 5) is 0. The van der Waals surface area contributed by atoms with Crippen molar-refractivity contribution < 1.29 is 4.74 Å². The van der Waals surface area contributed by atoms with Gasteiger partial charge in [0.05, 0.1) is 12.2 Å². The molecule has 1 aliphatic rings. The maximum absolute atomic E-state index is 5.98. The monoisotopic (exact) mass is 348 g/mol. The zero-order valence-corrected chi connectivity index (χ0v) is 19.0. The smallest absolute Gasteiger partial charge is 0.0813 e. The highest BCUT2D eigenvalue weighted by molar-refractivity contribution is 5.09. The zero-order valence-electron chi connectivity index (χ0n) is 19.0. The number of hydrogen-bond acceptors (Lipinski definition) is 1. The summed E-state index contributed by atoms with van der Waals surface area (Å²) < 4.78 is 5.98. The Morgan fingerprint density at radius 2 is 0.840 bits per heavy atom. The first-order chi connectivity index (χ1) is 10.9. The summed E-state index contributed by atoms with van der Waals surface area (Å²) in [5, 5.41) is 0. The Kier molecular flexibility index (Phi) is 8.43. The van der Waals surface area contributed by atoms with Gasteiger partial charge in [0, 0.05) is 0 Å². The standard InChI is InChI=1S/C12H22O.C12H22/c1-11(2,3)9-7-8-10(13-9)12(4,5)6;1-11(2,3)9-7-8-10-12(4,5)6/h7-10H,1-6H3;7-10H,1-6H3/b;9-7-,10-8-. The van der Waals surface area contributed by atoms with Crippen LogP contribution in [0, 0.1) is 21.7 Å². The van der Waals surface area contributed by atoms with Crippen molar-refractivity contribution in [2.24, 2.45) is 21.7 Å². The molecule has 0 aromatic carbocycles. The topological polar surface area (TPSA) is 9.23 Å². The van der Waals surface area contributed by atoms with Crippen molar-refractivity contribution >= 4 is 0 Å². The third kappa shape index (κ3) is 12.2. The van der Waals surface area contributed by atoms with E-state index in [-0.39, 0.29) is 23.0 Å². The van der Waals surface area contributed by atoms with Crippen molar-refractivity contribution in [2.75, 3.05) is 0 Å². The molecule has 25 heavy (non-hydrogen) atoms. The number of allylic oxidation sites excluding steroid dienone is 4. The number of hydrogen-bond donors (Lipinski definition) is 0. The fourth-order valence-electron chi connectivity index (χ4n) is 2.12. The maximum Gasteiger partial charge on any atom is 0.0813 e. The van der Waals surface area contributed by atoms with Gasteiger partial charge in [0.1, 0.15) is 0 Å². The number of ether oxygens (including phenoxy) is 1. The molecule has 1 aliphatic heterocycles. The zero-order chi connectivity index (χ0) is 20.1. The molecule has 2 unspecified atom stereocenters. The molecular formula is C24H44O. The normalized spacial score (nSPS) is 22.6. The van der Waals surface area contributed by atoms with E-state index in [1.54, 1.807) is 0 Å². The van der Waals surface area contributed by atoms with E-state index in [2.05, 4.69) is 120 Å². The van der Waals surface area contributed by atoms with Crippen LogP contribution in [-0.2, 0) is 4.74 Å². The van der Waals surface area contributed by atoms with Crippen LogP contribution in [-0.4, -0.2) is 12.2 Å². The Bertz CT molecular complexity index is 420. The molecule has 0 saturated heterocycles. The SMILES string of the molecule is CC(C)(C)/C=C\C=C/C(C)(C)C.CC(C)(C)C1C=CC(C(C)(C)C)O1. The van der Waals surface area contributed by atoms with Crippen molar-refractivity contribution in [3.8, 4) is 0 Å². The van der Waals surface area contributed by atoms with Gasteiger partial charge in [0.2, 0.25) is 0 Å². The van der Waals surface area contributed by atoms with Crippen LogP contribution in [0.15, 0.2) is 36.5 Å². The lowest BCUT2D eigenvalue weighted by atomic mass is 9.89. The fraction of sp³-hybridized carbons (Fsp3) is 0.750. The van der Waals surface area contributed by atoms with Gasteiger partial charge in [-0.1, -0.05) is 120 Å². The van der Waals surface area contributed by atoms with E-state index >= 15 is 0 Å². The van der Waals surface area contributed by atoms with Gasteiger partial charge < -0.3 is 4.74 Å². The lowest BCUT2D eigenvalue weighted by Gasteiger charge is -2.31. The van der Waals surface area contributed by atoms with E-state index in [0.717, 1.165) is 0 Å². The first-order valence-corrected chi connectivity index (χ1v) is 9.63. The van der Waals surface area contributed by atoms with Crippen molar-refractivity contribution in [1.82, 2.24) is 0 Å². The minimum absolute atomic E-state index is 0.219. The minimum atomic E-state index is 0.219. The van der Waals surface area contributed by atoms with Crippen molar-refractivity contribution in [3.05, 3.63) is 36.5 Å². The van der Waals surface area contributed by atoms with Gasteiger partial charge in [-0.05, 0) is 21.7 Å². The molecule has 0 amide bonds. The Hall–Kier alpha value is -0.820. The number of rotatable bonds is 1. The molecule has 0 fully saturated rings. The van der Waals surface area contributed by atoms with Crippen LogP contribution in [0.2, 0.25) is 0 Å². The molecule has 0 N–H and O–H groups in total. The summed E-state index contributed by atoms with van der Waals surface area (Å²) in [5.41, 5.74) is 1.03. The van der Waals surface area contributed by atoms with Gasteiger partial charge in [-0.15, -0.1) is 0 Å². The van der Waals surface area contributed by atoms with Crippen LogP contribution < -0.4 is 0 Å². The molecule has 146 valence electrons. The van der Waals surface area contributed by atoms with Crippen LogP contribution >= 0.6 is 0 Å². The van der Waals surface area contributed by atoms with E-state index in [0.29, 0.717) is 10.8 Å². The van der Waals surface area contributed by atoms with Crippen LogP contribution in [0.1, 0.15) is 83.1 Å². The Labute approximate surface area is 158 Å². The molecule has 1 nitrogen and oxygen atoms in total. The summed E-state index contributed by atoms with van der Waals surface area (Å²) in [7, 11) is 0. The Morgan fingerprint density at radius 1 is 0.560 bits per heavy atom. The second kappa shape index (κ2) is 8.71. The largest absolute Gasteiger partial charge is 0.366 e. The van der Waals surface area contributed by atoms with Crippen LogP contribution in [0.25, 0.3) is 0 Å². The summed E-state index contributed by atoms with van der Waals surface area (Å²) in [6.45, 7) is 26.5. The molecule has 0 saturated carbocycles. The lowest BCUT2D eigenvalue weighted by Crippen LogP contribution is -2.32. The average molecular weight is 349 g/mol. The molecule has 1 rings (SSSR count). The van der Waals surface area contributed by atoms with Gasteiger partial charge in [-0.2, -0.15) is 0 Å². The van der Waals surface area contributed by atoms with Crippen molar-refractivity contribution in [1.29, 1.82) is 0 Å². The predicted octanol–water partition coefficient (Wildman–Crippen LogP) is 7.59. The molecule has 0 radical (unpaired) electrons. The first kappa shape index (κ1) is 24.2. The summed E-state index contributed by atoms with van der Waals surface area (Å²) in [5.74, 6) is 0. The highest BCUT2D eigenvalue weighted by Gasteiger charge is 2.34. The van der Waals surface area contributed by atoms with Gasteiger partial charge in [-0.25, -0.2) is 0 Å². The van der Waals surface area contributed by atoms with E-state index < -0.39 is 0 Å². The Morgan fingerprint density at radius 3 is 1.00 bits per heavy atom. The summed E-state index contributed by atoms with van der Waals surface area (Å²) in [6.07, 6.45) is 13.7. The first-order valence-electron chi connectivity index (χ1n) is 9.63. The van der Waals surface area contributed by atoms with Gasteiger partial charge in [-0.3, -0.25) is 0 Å². The molecule has 0 aliphatic carbocycles. The van der Waals surface area contributed by atoms with Gasteiger partial charge >= 0.3 is 0 Å². The Balaban J connectivity index is 0.000000463. The quantitative estimate of drug-likeness (QED) is 0.350. The molecule has 2 atom stereocenters. The van der Waals surface area contributed by atoms with E-state index in [1.165, 1.54) is 0 Å². The van der Waals surface area contributed by atoms with Crippen LogP contribution in [0.3, 0.4) is 0 Å². The molecule has 1 heteroatoms. The molecule has 0 aromatic rings. The third-order valence-electron chi connectivity index (χ3n) is 3.76. The summed E-state index contributed by atoms with van der Waals surface area (Å²) >= 11 is 0. The van der Waals surface area contributed by atoms with Crippen molar-refractivity contribution in [2.45, 2.75) is 95.3 Å². The van der Waals surface area contributed by atoms with Crippen LogP contribution in [0.5, 0.6) is 0 Å². The van der Waals surface area contributed by atoms with E-state index in [1.807, 2.05) is 0 Å². The van der Waals surface area contributed by atoms with Gasteiger partial charge in [0.25, 0.3) is 0 Å². The molecule has 0 bridgehead atoms. The third-order valence-corrected chi connectivity index (χ3v) is 3.76. The second-order valence-electron chi connectivity index (χ2n) is 11.5. The average Bonchev–Trinajstić information content (AvgIpc) is 2.82. The predicted molar refractivity (Wildman–Crippen MR) is 114 cm³/mol. The van der Waals surface area contributed by atoms with Gasteiger partial charge in [0.15, 0.2) is 0 Å². The molecular weight excluding hydrogens is 304 g/mol. The lowest BCUT2D eigenvalue weighted by molar-refractivity contribution is -0.0432. The highest BCUT2D eigenvalue weighted by atomic mass is 16.5. The molecule has 0 aromatic heterocycles. The van der Waals surface area contributed by atoms with Crippen LogP contribution in [0.4, 0.5) is 0 Å². The second-order valence-corrected chi connectivity index (χ2v) is 11.5. The molecule has 0 spiro atoms. The minimum Gasteiger partial charge on any atom is -0.366 e. The maximum atomic E-state index is 5.98. The fourth-order valence-corrected chi connectivity index (χ4v) is 2.12. The van der Waals surface area contributed by atoms with Crippen molar-refractivity contribution in [3.63, 3.8) is 0 Å². The highest BCUT2D eigenvalue weighted by Crippen LogP contribution is 2.35. The van der Waals surface area contributed by atoms with E-state index in [9.17, 15) is 0 Å².